The molecule has 168 valence electrons. The maximum Gasteiger partial charge on any atom is 0.295 e. The fourth-order valence-electron chi connectivity index (χ4n) is 4.12. The van der Waals surface area contributed by atoms with E-state index in [1.54, 1.807) is 28.4 Å². The number of hydrogen-bond donors (Lipinski definition) is 1. The third-order valence-corrected chi connectivity index (χ3v) is 6.07. The normalized spacial score (nSPS) is 15.0. The summed E-state index contributed by atoms with van der Waals surface area (Å²) in [5.41, 5.74) is 2.73. The summed E-state index contributed by atoms with van der Waals surface area (Å²) >= 11 is 0. The van der Waals surface area contributed by atoms with Crippen molar-refractivity contribution in [2.75, 3.05) is 36.4 Å². The molecule has 2 heterocycles. The monoisotopic (exact) mass is 437 g/mol. The first-order chi connectivity index (χ1) is 15.4. The lowest BCUT2D eigenvalue weighted by Crippen LogP contribution is -2.52. The standard InChI is InChI=1S/C24H28FN5O2/c1-17(23(31)29-15-13-28(14-16-29)20-11-9-19(25)10-12-20)26-22-18(2)27(3)30(24(22)32)21-7-5-4-6-8-21/h4-12,17,26H,13-16H2,1-3H3. The Labute approximate surface area is 186 Å². The molecule has 0 radical (unpaired) electrons. The Kier molecular flexibility index (Phi) is 6.03. The van der Waals surface area contributed by atoms with E-state index in [2.05, 4.69) is 10.2 Å². The Morgan fingerprint density at radius 3 is 2.22 bits per heavy atom. The first-order valence-electron chi connectivity index (χ1n) is 10.8. The van der Waals surface area contributed by atoms with E-state index in [1.807, 2.05) is 49.2 Å². The Morgan fingerprint density at radius 1 is 0.969 bits per heavy atom. The smallest absolute Gasteiger partial charge is 0.295 e. The van der Waals surface area contributed by atoms with Crippen LogP contribution in [0.25, 0.3) is 5.69 Å². The predicted octanol–water partition coefficient (Wildman–Crippen LogP) is 2.77. The molecule has 3 aromatic rings. The summed E-state index contributed by atoms with van der Waals surface area (Å²) in [5, 5.41) is 3.15. The van der Waals surface area contributed by atoms with Crippen molar-refractivity contribution in [3.05, 3.63) is 76.5 Å². The highest BCUT2D eigenvalue weighted by Gasteiger charge is 2.27. The molecule has 1 saturated heterocycles. The van der Waals surface area contributed by atoms with Gasteiger partial charge in [0.05, 0.1) is 11.4 Å². The lowest BCUT2D eigenvalue weighted by molar-refractivity contribution is -0.131. The van der Waals surface area contributed by atoms with Crippen LogP contribution in [0.15, 0.2) is 59.4 Å². The largest absolute Gasteiger partial charge is 0.368 e. The number of anilines is 2. The van der Waals surface area contributed by atoms with Crippen LogP contribution >= 0.6 is 0 Å². The molecule has 1 N–H and O–H groups in total. The number of nitrogens with one attached hydrogen (secondary N) is 1. The van der Waals surface area contributed by atoms with E-state index in [4.69, 9.17) is 0 Å². The number of para-hydroxylation sites is 1. The summed E-state index contributed by atoms with van der Waals surface area (Å²) in [6, 6.07) is 15.3. The van der Waals surface area contributed by atoms with Gasteiger partial charge in [-0.15, -0.1) is 0 Å². The lowest BCUT2D eigenvalue weighted by atomic mass is 10.2. The molecule has 32 heavy (non-hydrogen) atoms. The van der Waals surface area contributed by atoms with Crippen molar-refractivity contribution >= 4 is 17.3 Å². The molecule has 1 aliphatic rings. The van der Waals surface area contributed by atoms with Gasteiger partial charge in [0.2, 0.25) is 5.91 Å². The summed E-state index contributed by atoms with van der Waals surface area (Å²) < 4.78 is 16.5. The molecule has 2 aromatic carbocycles. The third-order valence-electron chi connectivity index (χ3n) is 6.07. The second-order valence-corrected chi connectivity index (χ2v) is 8.09. The van der Waals surface area contributed by atoms with Gasteiger partial charge in [-0.05, 0) is 50.2 Å². The number of aromatic nitrogens is 2. The van der Waals surface area contributed by atoms with Gasteiger partial charge in [-0.2, -0.15) is 0 Å². The summed E-state index contributed by atoms with van der Waals surface area (Å²) in [6.07, 6.45) is 0. The minimum atomic E-state index is -0.537. The van der Waals surface area contributed by atoms with Crippen LogP contribution in [0.4, 0.5) is 15.8 Å². The molecule has 0 spiro atoms. The zero-order chi connectivity index (χ0) is 22.8. The minimum Gasteiger partial charge on any atom is -0.368 e. The average Bonchev–Trinajstić information content (AvgIpc) is 3.02. The molecule has 7 nitrogen and oxygen atoms in total. The SMILES string of the molecule is Cc1c(NC(C)C(=O)N2CCN(c3ccc(F)cc3)CC2)c(=O)n(-c2ccccc2)n1C. The number of rotatable bonds is 5. The zero-order valence-electron chi connectivity index (χ0n) is 18.6. The van der Waals surface area contributed by atoms with Crippen LogP contribution < -0.4 is 15.8 Å². The number of carbonyl (C=O) groups is 1. The Hall–Kier alpha value is -3.55. The molecular formula is C24H28FN5O2. The van der Waals surface area contributed by atoms with E-state index in [-0.39, 0.29) is 17.3 Å². The van der Waals surface area contributed by atoms with Gasteiger partial charge in [0.25, 0.3) is 5.56 Å². The van der Waals surface area contributed by atoms with Crippen LogP contribution in [-0.2, 0) is 11.8 Å². The van der Waals surface area contributed by atoms with Crippen molar-refractivity contribution in [3.63, 3.8) is 0 Å². The van der Waals surface area contributed by atoms with Gasteiger partial charge in [-0.1, -0.05) is 18.2 Å². The van der Waals surface area contributed by atoms with Gasteiger partial charge in [0, 0.05) is 38.9 Å². The highest BCUT2D eigenvalue weighted by atomic mass is 19.1. The van der Waals surface area contributed by atoms with E-state index in [0.717, 1.165) is 17.1 Å². The first kappa shape index (κ1) is 21.7. The third kappa shape index (κ3) is 4.12. The fraction of sp³-hybridized carbons (Fsp3) is 0.333. The number of amides is 1. The molecule has 0 aliphatic carbocycles. The van der Waals surface area contributed by atoms with Crippen LogP contribution in [0.5, 0.6) is 0 Å². The molecule has 4 rings (SSSR count). The molecule has 1 aromatic heterocycles. The number of hydrogen-bond acceptors (Lipinski definition) is 4. The Morgan fingerprint density at radius 2 is 1.59 bits per heavy atom. The molecule has 1 fully saturated rings. The van der Waals surface area contributed by atoms with E-state index >= 15 is 0 Å². The lowest BCUT2D eigenvalue weighted by Gasteiger charge is -2.37. The molecule has 0 saturated carbocycles. The van der Waals surface area contributed by atoms with E-state index in [9.17, 15) is 14.0 Å². The quantitative estimate of drug-likeness (QED) is 0.667. The van der Waals surface area contributed by atoms with Gasteiger partial charge in [-0.3, -0.25) is 14.3 Å². The van der Waals surface area contributed by atoms with Crippen LogP contribution in [0.3, 0.4) is 0 Å². The van der Waals surface area contributed by atoms with Gasteiger partial charge in [0.1, 0.15) is 17.5 Å². The number of benzene rings is 2. The summed E-state index contributed by atoms with van der Waals surface area (Å²) in [4.78, 5) is 30.1. The van der Waals surface area contributed by atoms with Crippen molar-refractivity contribution in [3.8, 4) is 5.69 Å². The predicted molar refractivity (Wildman–Crippen MR) is 124 cm³/mol. The van der Waals surface area contributed by atoms with Gasteiger partial charge in [0.15, 0.2) is 0 Å². The van der Waals surface area contributed by atoms with E-state index < -0.39 is 6.04 Å². The van der Waals surface area contributed by atoms with Gasteiger partial charge >= 0.3 is 0 Å². The van der Waals surface area contributed by atoms with Crippen molar-refractivity contribution in [2.45, 2.75) is 19.9 Å². The average molecular weight is 438 g/mol. The van der Waals surface area contributed by atoms with Crippen molar-refractivity contribution < 1.29 is 9.18 Å². The summed E-state index contributed by atoms with van der Waals surface area (Å²) in [6.45, 7) is 6.15. The van der Waals surface area contributed by atoms with Crippen molar-refractivity contribution in [2.24, 2.45) is 7.05 Å². The highest BCUT2D eigenvalue weighted by Crippen LogP contribution is 2.19. The summed E-state index contributed by atoms with van der Waals surface area (Å²) in [5.74, 6) is -0.303. The molecule has 0 bridgehead atoms. The van der Waals surface area contributed by atoms with E-state index in [0.29, 0.717) is 31.9 Å². The second-order valence-electron chi connectivity index (χ2n) is 8.09. The number of nitrogens with zero attached hydrogens (tertiary/aromatic N) is 4. The first-order valence-corrected chi connectivity index (χ1v) is 10.8. The molecule has 1 aliphatic heterocycles. The topological polar surface area (TPSA) is 62.5 Å². The summed E-state index contributed by atoms with van der Waals surface area (Å²) in [7, 11) is 1.83. The number of carbonyl (C=O) groups excluding carboxylic acids is 1. The second kappa shape index (κ2) is 8.90. The van der Waals surface area contributed by atoms with Crippen LogP contribution in [0.2, 0.25) is 0 Å². The molecule has 1 unspecified atom stereocenters. The minimum absolute atomic E-state index is 0.0438. The zero-order valence-corrected chi connectivity index (χ0v) is 18.6. The number of halogens is 1. The fourth-order valence-corrected chi connectivity index (χ4v) is 4.12. The van der Waals surface area contributed by atoms with Crippen LogP contribution in [0, 0.1) is 12.7 Å². The Balaban J connectivity index is 1.43. The Bertz CT molecular complexity index is 1150. The van der Waals surface area contributed by atoms with Crippen molar-refractivity contribution in [1.82, 2.24) is 14.3 Å². The highest BCUT2D eigenvalue weighted by molar-refractivity contribution is 5.84. The van der Waals surface area contributed by atoms with Crippen LogP contribution in [0.1, 0.15) is 12.6 Å². The molecular weight excluding hydrogens is 409 g/mol. The maximum absolute atomic E-state index is 13.2. The molecule has 8 heteroatoms. The van der Waals surface area contributed by atoms with Gasteiger partial charge in [-0.25, -0.2) is 9.07 Å². The van der Waals surface area contributed by atoms with Crippen LogP contribution in [-0.4, -0.2) is 52.4 Å². The van der Waals surface area contributed by atoms with E-state index in [1.165, 1.54) is 12.1 Å². The maximum atomic E-state index is 13.2. The van der Waals surface area contributed by atoms with Crippen molar-refractivity contribution in [1.29, 1.82) is 0 Å². The molecule has 1 amide bonds. The molecule has 1 atom stereocenters. The number of piperazine rings is 1. The van der Waals surface area contributed by atoms with Gasteiger partial charge < -0.3 is 15.1 Å².